The van der Waals surface area contributed by atoms with Gasteiger partial charge in [0.1, 0.15) is 5.75 Å². The summed E-state index contributed by atoms with van der Waals surface area (Å²) in [5.41, 5.74) is 0.0977. The Balaban J connectivity index is 1.45. The molecule has 0 aliphatic carbocycles. The van der Waals surface area contributed by atoms with Crippen LogP contribution in [0.4, 0.5) is 14.5 Å². The summed E-state index contributed by atoms with van der Waals surface area (Å²) >= 11 is 0. The van der Waals surface area contributed by atoms with Gasteiger partial charge in [0, 0.05) is 11.8 Å². The Morgan fingerprint density at radius 2 is 1.63 bits per heavy atom. The minimum atomic E-state index is -1.07. The molecule has 0 bridgehead atoms. The van der Waals surface area contributed by atoms with E-state index in [1.807, 2.05) is 36.4 Å². The normalized spacial score (nSPS) is 10.4. The zero-order valence-electron chi connectivity index (χ0n) is 14.2. The highest BCUT2D eigenvalue weighted by Gasteiger charge is 2.09. The number of benzene rings is 3. The second-order valence-corrected chi connectivity index (χ2v) is 5.75. The van der Waals surface area contributed by atoms with Gasteiger partial charge in [-0.15, -0.1) is 0 Å². The molecule has 0 spiro atoms. The molecule has 5 nitrogen and oxygen atoms in total. The highest BCUT2D eigenvalue weighted by molar-refractivity contribution is 5.94. The van der Waals surface area contributed by atoms with Crippen molar-refractivity contribution in [3.05, 3.63) is 72.3 Å². The molecule has 0 aromatic heterocycles. The van der Waals surface area contributed by atoms with E-state index in [1.165, 1.54) is 6.07 Å². The molecule has 0 aliphatic rings. The second-order valence-electron chi connectivity index (χ2n) is 5.75. The van der Waals surface area contributed by atoms with E-state index in [0.717, 1.165) is 22.9 Å². The Morgan fingerprint density at radius 3 is 2.41 bits per heavy atom. The molecule has 0 saturated heterocycles. The summed E-state index contributed by atoms with van der Waals surface area (Å²) in [6.07, 6.45) is 0. The van der Waals surface area contributed by atoms with Crippen LogP contribution in [-0.4, -0.2) is 25.0 Å². The number of rotatable bonds is 6. The Morgan fingerprint density at radius 1 is 0.852 bits per heavy atom. The average Bonchev–Trinajstić information content (AvgIpc) is 2.67. The zero-order valence-corrected chi connectivity index (χ0v) is 14.2. The summed E-state index contributed by atoms with van der Waals surface area (Å²) in [5, 5.41) is 6.80. The topological polar surface area (TPSA) is 67.4 Å². The first-order chi connectivity index (χ1) is 13.0. The van der Waals surface area contributed by atoms with Crippen molar-refractivity contribution in [3.63, 3.8) is 0 Å². The number of amides is 2. The molecule has 0 atom stereocenters. The molecule has 7 heteroatoms. The quantitative estimate of drug-likeness (QED) is 0.700. The van der Waals surface area contributed by atoms with Crippen molar-refractivity contribution in [2.45, 2.75) is 0 Å². The van der Waals surface area contributed by atoms with Crippen LogP contribution in [0.1, 0.15) is 0 Å². The van der Waals surface area contributed by atoms with E-state index in [-0.39, 0.29) is 18.8 Å². The van der Waals surface area contributed by atoms with Crippen molar-refractivity contribution in [1.29, 1.82) is 0 Å². The zero-order chi connectivity index (χ0) is 19.2. The van der Waals surface area contributed by atoms with Gasteiger partial charge in [0.2, 0.25) is 5.91 Å². The van der Waals surface area contributed by atoms with Crippen LogP contribution < -0.4 is 15.4 Å². The third kappa shape index (κ3) is 5.01. The lowest BCUT2D eigenvalue weighted by Crippen LogP contribution is -2.35. The van der Waals surface area contributed by atoms with Crippen LogP contribution in [0.5, 0.6) is 5.75 Å². The molecule has 0 radical (unpaired) electrons. The van der Waals surface area contributed by atoms with Crippen LogP contribution in [0.25, 0.3) is 10.8 Å². The van der Waals surface area contributed by atoms with Gasteiger partial charge in [0.15, 0.2) is 18.2 Å². The fourth-order valence-electron chi connectivity index (χ4n) is 2.42. The van der Waals surface area contributed by atoms with Crippen molar-refractivity contribution < 1.29 is 23.1 Å². The molecular formula is C20H16F2N2O3. The predicted molar refractivity (Wildman–Crippen MR) is 97.4 cm³/mol. The van der Waals surface area contributed by atoms with E-state index in [9.17, 15) is 18.4 Å². The maximum atomic E-state index is 13.1. The number of hydrogen-bond donors (Lipinski definition) is 2. The van der Waals surface area contributed by atoms with Crippen LogP contribution >= 0.6 is 0 Å². The highest BCUT2D eigenvalue weighted by Crippen LogP contribution is 2.20. The third-order valence-electron chi connectivity index (χ3n) is 3.74. The Labute approximate surface area is 153 Å². The van der Waals surface area contributed by atoms with E-state index < -0.39 is 23.4 Å². The molecule has 27 heavy (non-hydrogen) atoms. The largest absolute Gasteiger partial charge is 0.484 e. The first kappa shape index (κ1) is 18.3. The van der Waals surface area contributed by atoms with E-state index >= 15 is 0 Å². The van der Waals surface area contributed by atoms with Gasteiger partial charge in [-0.2, -0.15) is 0 Å². The summed E-state index contributed by atoms with van der Waals surface area (Å²) < 4.78 is 31.4. The van der Waals surface area contributed by atoms with Crippen molar-refractivity contribution in [3.8, 4) is 5.75 Å². The minimum Gasteiger partial charge on any atom is -0.484 e. The summed E-state index contributed by atoms with van der Waals surface area (Å²) in [6.45, 7) is -0.574. The Bertz CT molecular complexity index is 992. The fourth-order valence-corrected chi connectivity index (χ4v) is 2.42. The number of carbonyl (C=O) groups excluding carboxylic acids is 2. The van der Waals surface area contributed by atoms with Crippen LogP contribution in [0.3, 0.4) is 0 Å². The van der Waals surface area contributed by atoms with Gasteiger partial charge in [-0.1, -0.05) is 30.3 Å². The van der Waals surface area contributed by atoms with Crippen LogP contribution in [0, 0.1) is 11.6 Å². The smallest absolute Gasteiger partial charge is 0.258 e. The third-order valence-corrected chi connectivity index (χ3v) is 3.74. The number of hydrogen-bond acceptors (Lipinski definition) is 3. The SMILES string of the molecule is O=C(COc1ccc2ccccc2c1)NCC(=O)Nc1ccc(F)c(F)c1. The Kier molecular flexibility index (Phi) is 5.61. The highest BCUT2D eigenvalue weighted by atomic mass is 19.2. The second kappa shape index (κ2) is 8.27. The van der Waals surface area contributed by atoms with Crippen molar-refractivity contribution >= 4 is 28.3 Å². The van der Waals surface area contributed by atoms with Crippen molar-refractivity contribution in [2.75, 3.05) is 18.5 Å². The van der Waals surface area contributed by atoms with E-state index in [0.29, 0.717) is 5.75 Å². The number of carbonyl (C=O) groups is 2. The predicted octanol–water partition coefficient (Wildman–Crippen LogP) is 3.25. The summed E-state index contributed by atoms with van der Waals surface area (Å²) in [5.74, 6) is -2.59. The molecule has 2 amide bonds. The summed E-state index contributed by atoms with van der Waals surface area (Å²) in [4.78, 5) is 23.6. The van der Waals surface area contributed by atoms with E-state index in [2.05, 4.69) is 10.6 Å². The molecule has 3 aromatic carbocycles. The molecule has 0 heterocycles. The number of anilines is 1. The molecule has 0 fully saturated rings. The first-order valence-electron chi connectivity index (χ1n) is 8.14. The molecule has 0 unspecified atom stereocenters. The number of fused-ring (bicyclic) bond motifs is 1. The standard InChI is InChI=1S/C20H16F2N2O3/c21-17-8-6-15(10-18(17)22)24-19(25)11-23-20(26)12-27-16-7-5-13-3-1-2-4-14(13)9-16/h1-10H,11-12H2,(H,23,26)(H,24,25). The maximum absolute atomic E-state index is 13.1. The lowest BCUT2D eigenvalue weighted by atomic mass is 10.1. The molecule has 138 valence electrons. The van der Waals surface area contributed by atoms with Gasteiger partial charge in [0.05, 0.1) is 6.54 Å². The van der Waals surface area contributed by atoms with Gasteiger partial charge < -0.3 is 15.4 Å². The molecule has 0 aliphatic heterocycles. The molecule has 2 N–H and O–H groups in total. The molecular weight excluding hydrogens is 354 g/mol. The lowest BCUT2D eigenvalue weighted by Gasteiger charge is -2.09. The average molecular weight is 370 g/mol. The fraction of sp³-hybridized carbons (Fsp3) is 0.100. The van der Waals surface area contributed by atoms with E-state index in [1.54, 1.807) is 6.07 Å². The summed E-state index contributed by atoms with van der Waals surface area (Å²) in [7, 11) is 0. The number of halogens is 2. The molecule has 3 aromatic rings. The minimum absolute atomic E-state index is 0.0977. The van der Waals surface area contributed by atoms with Gasteiger partial charge >= 0.3 is 0 Å². The van der Waals surface area contributed by atoms with E-state index in [4.69, 9.17) is 4.74 Å². The van der Waals surface area contributed by atoms with Crippen molar-refractivity contribution in [1.82, 2.24) is 5.32 Å². The van der Waals surface area contributed by atoms with Crippen molar-refractivity contribution in [2.24, 2.45) is 0 Å². The van der Waals surface area contributed by atoms with Gasteiger partial charge in [-0.05, 0) is 35.0 Å². The van der Waals surface area contributed by atoms with Crippen LogP contribution in [-0.2, 0) is 9.59 Å². The molecule has 3 rings (SSSR count). The van der Waals surface area contributed by atoms with Crippen LogP contribution in [0.15, 0.2) is 60.7 Å². The maximum Gasteiger partial charge on any atom is 0.258 e. The van der Waals surface area contributed by atoms with Gasteiger partial charge in [-0.3, -0.25) is 9.59 Å². The lowest BCUT2D eigenvalue weighted by molar-refractivity contribution is -0.125. The molecule has 0 saturated carbocycles. The number of nitrogens with one attached hydrogen (secondary N) is 2. The Hall–Kier alpha value is -3.48. The summed E-state index contributed by atoms with van der Waals surface area (Å²) in [6, 6.07) is 16.2. The van der Waals surface area contributed by atoms with Gasteiger partial charge in [0.25, 0.3) is 5.91 Å². The van der Waals surface area contributed by atoms with Crippen LogP contribution in [0.2, 0.25) is 0 Å². The van der Waals surface area contributed by atoms with Gasteiger partial charge in [-0.25, -0.2) is 8.78 Å². The number of ether oxygens (including phenoxy) is 1. The first-order valence-corrected chi connectivity index (χ1v) is 8.14. The monoisotopic (exact) mass is 370 g/mol.